The summed E-state index contributed by atoms with van der Waals surface area (Å²) in [5, 5.41) is -0.00780. The molecule has 7 nitrogen and oxygen atoms in total. The highest BCUT2D eigenvalue weighted by molar-refractivity contribution is 7.89. The molecule has 3 aliphatic rings. The van der Waals surface area contributed by atoms with Crippen LogP contribution in [0.25, 0.3) is 0 Å². The number of rotatable bonds is 4. The topological polar surface area (TPSA) is 73.8 Å². The minimum atomic E-state index is -3.68. The zero-order valence-electron chi connectivity index (χ0n) is 16.7. The van der Waals surface area contributed by atoms with Crippen molar-refractivity contribution < 1.29 is 13.2 Å². The summed E-state index contributed by atoms with van der Waals surface area (Å²) in [7, 11) is -3.68. The highest BCUT2D eigenvalue weighted by atomic mass is 35.5. The Morgan fingerprint density at radius 2 is 1.66 bits per heavy atom. The van der Waals surface area contributed by atoms with Crippen LogP contribution < -0.4 is 0 Å². The fourth-order valence-corrected chi connectivity index (χ4v) is 6.76. The smallest absolute Gasteiger partial charge is 0.246 e. The van der Waals surface area contributed by atoms with Crippen LogP contribution in [0.1, 0.15) is 38.5 Å². The van der Waals surface area contributed by atoms with Gasteiger partial charge in [0.15, 0.2) is 0 Å². The maximum Gasteiger partial charge on any atom is 0.246 e. The number of aromatic nitrogens is 1. The number of likely N-dealkylation sites (tertiary alicyclic amines) is 2. The first-order chi connectivity index (χ1) is 14.0. The molecular formula is C20H29ClN4O3S. The number of pyridine rings is 1. The Kier molecular flexibility index (Phi) is 6.44. The van der Waals surface area contributed by atoms with Crippen LogP contribution in [0.2, 0.25) is 5.15 Å². The number of piperidine rings is 2. The molecule has 1 aromatic rings. The number of hydrogen-bond acceptors (Lipinski definition) is 5. The third-order valence-electron chi connectivity index (χ3n) is 6.58. The molecule has 0 aliphatic carbocycles. The van der Waals surface area contributed by atoms with E-state index in [2.05, 4.69) is 9.88 Å². The molecule has 1 aromatic heterocycles. The summed E-state index contributed by atoms with van der Waals surface area (Å²) in [5.74, 6) is 0.107. The van der Waals surface area contributed by atoms with Crippen LogP contribution in [-0.4, -0.2) is 78.7 Å². The number of nitrogens with zero attached hydrogens (tertiary/aromatic N) is 4. The molecule has 9 heteroatoms. The summed E-state index contributed by atoms with van der Waals surface area (Å²) in [4.78, 5) is 21.5. The van der Waals surface area contributed by atoms with Crippen molar-refractivity contribution in [1.82, 2.24) is 19.1 Å². The van der Waals surface area contributed by atoms with Crippen molar-refractivity contribution in [3.8, 4) is 0 Å². The Hall–Kier alpha value is -1.22. The summed E-state index contributed by atoms with van der Waals surface area (Å²) in [5.41, 5.74) is 0. The molecule has 0 saturated carbocycles. The Morgan fingerprint density at radius 1 is 1.00 bits per heavy atom. The van der Waals surface area contributed by atoms with Gasteiger partial charge in [0.2, 0.25) is 15.9 Å². The van der Waals surface area contributed by atoms with Gasteiger partial charge in [-0.1, -0.05) is 11.6 Å². The van der Waals surface area contributed by atoms with Gasteiger partial charge in [-0.2, -0.15) is 4.31 Å². The lowest BCUT2D eigenvalue weighted by molar-refractivity contribution is -0.138. The number of amides is 1. The first kappa shape index (κ1) is 21.0. The van der Waals surface area contributed by atoms with Gasteiger partial charge in [-0.15, -0.1) is 0 Å². The van der Waals surface area contributed by atoms with Crippen LogP contribution >= 0.6 is 11.6 Å². The Balaban J connectivity index is 1.30. The lowest BCUT2D eigenvalue weighted by Gasteiger charge is -2.39. The minimum absolute atomic E-state index is 0.00780. The average molecular weight is 441 g/mol. The van der Waals surface area contributed by atoms with Crippen LogP contribution in [0.4, 0.5) is 0 Å². The minimum Gasteiger partial charge on any atom is -0.342 e. The van der Waals surface area contributed by atoms with E-state index >= 15 is 0 Å². The molecule has 0 N–H and O–H groups in total. The molecule has 1 amide bonds. The van der Waals surface area contributed by atoms with Crippen LogP contribution in [0.15, 0.2) is 23.2 Å². The molecule has 3 fully saturated rings. The van der Waals surface area contributed by atoms with Crippen LogP contribution in [0.3, 0.4) is 0 Å². The lowest BCUT2D eigenvalue weighted by Crippen LogP contribution is -2.49. The Morgan fingerprint density at radius 3 is 2.28 bits per heavy atom. The van der Waals surface area contributed by atoms with Crippen molar-refractivity contribution in [2.24, 2.45) is 5.92 Å². The monoisotopic (exact) mass is 440 g/mol. The van der Waals surface area contributed by atoms with Gasteiger partial charge in [-0.25, -0.2) is 13.4 Å². The maximum absolute atomic E-state index is 13.0. The first-order valence-corrected chi connectivity index (χ1v) is 12.4. The SMILES string of the molecule is O=C(C1CCN(S(=O)(=O)c2cccnc2Cl)CC1)N1CCC(N2CCCC2)CC1. The molecule has 0 bridgehead atoms. The zero-order valence-corrected chi connectivity index (χ0v) is 18.2. The largest absolute Gasteiger partial charge is 0.342 e. The van der Waals surface area contributed by atoms with E-state index in [4.69, 9.17) is 11.6 Å². The van der Waals surface area contributed by atoms with Crippen molar-refractivity contribution in [2.45, 2.75) is 49.5 Å². The van der Waals surface area contributed by atoms with Crippen molar-refractivity contribution in [1.29, 1.82) is 0 Å². The van der Waals surface area contributed by atoms with Gasteiger partial charge in [-0.05, 0) is 63.7 Å². The summed E-state index contributed by atoms with van der Waals surface area (Å²) in [6, 6.07) is 3.67. The van der Waals surface area contributed by atoms with Crippen molar-refractivity contribution in [3.05, 3.63) is 23.5 Å². The number of halogens is 1. The fraction of sp³-hybridized carbons (Fsp3) is 0.700. The van der Waals surface area contributed by atoms with Crippen molar-refractivity contribution >= 4 is 27.5 Å². The van der Waals surface area contributed by atoms with Gasteiger partial charge in [0.05, 0.1) is 0 Å². The number of hydrogen-bond donors (Lipinski definition) is 0. The average Bonchev–Trinajstić information content (AvgIpc) is 3.28. The molecule has 0 spiro atoms. The van der Waals surface area contributed by atoms with E-state index in [0.29, 0.717) is 32.0 Å². The summed E-state index contributed by atoms with van der Waals surface area (Å²) >= 11 is 5.99. The van der Waals surface area contributed by atoms with Gasteiger partial charge in [-0.3, -0.25) is 4.79 Å². The van der Waals surface area contributed by atoms with Crippen LogP contribution in [0.5, 0.6) is 0 Å². The van der Waals surface area contributed by atoms with E-state index < -0.39 is 10.0 Å². The van der Waals surface area contributed by atoms with E-state index in [-0.39, 0.29) is 21.9 Å². The van der Waals surface area contributed by atoms with Crippen molar-refractivity contribution in [2.75, 3.05) is 39.3 Å². The first-order valence-electron chi connectivity index (χ1n) is 10.6. The molecular weight excluding hydrogens is 412 g/mol. The second-order valence-electron chi connectivity index (χ2n) is 8.27. The van der Waals surface area contributed by atoms with Gasteiger partial charge < -0.3 is 9.80 Å². The second-order valence-corrected chi connectivity index (χ2v) is 10.5. The highest BCUT2D eigenvalue weighted by Crippen LogP contribution is 2.29. The molecule has 4 rings (SSSR count). The molecule has 0 unspecified atom stereocenters. The summed E-state index contributed by atoms with van der Waals surface area (Å²) < 4.78 is 27.1. The van der Waals surface area contributed by atoms with Crippen LogP contribution in [-0.2, 0) is 14.8 Å². The summed E-state index contributed by atoms with van der Waals surface area (Å²) in [6.07, 6.45) is 7.29. The van der Waals surface area contributed by atoms with E-state index in [9.17, 15) is 13.2 Å². The quantitative estimate of drug-likeness (QED) is 0.671. The normalized spacial score (nSPS) is 23.6. The fourth-order valence-electron chi connectivity index (χ4n) is 4.86. The lowest BCUT2D eigenvalue weighted by atomic mass is 9.94. The Labute approximate surface area is 178 Å². The van der Waals surface area contributed by atoms with Gasteiger partial charge >= 0.3 is 0 Å². The molecule has 29 heavy (non-hydrogen) atoms. The predicted octanol–water partition coefficient (Wildman–Crippen LogP) is 2.22. The van der Waals surface area contributed by atoms with E-state index in [0.717, 1.165) is 25.9 Å². The number of sulfonamides is 1. The molecule has 0 atom stereocenters. The molecule has 4 heterocycles. The molecule has 0 radical (unpaired) electrons. The van der Waals surface area contributed by atoms with Crippen LogP contribution in [0, 0.1) is 5.92 Å². The molecule has 3 aliphatic heterocycles. The molecule has 160 valence electrons. The third-order valence-corrected chi connectivity index (χ3v) is 8.92. The maximum atomic E-state index is 13.0. The van der Waals surface area contributed by atoms with Gasteiger partial charge in [0.25, 0.3) is 0 Å². The highest BCUT2D eigenvalue weighted by Gasteiger charge is 2.36. The number of carbonyl (C=O) groups excluding carboxylic acids is 1. The van der Waals surface area contributed by atoms with Crippen molar-refractivity contribution in [3.63, 3.8) is 0 Å². The third kappa shape index (κ3) is 4.45. The summed E-state index contributed by atoms with van der Waals surface area (Å²) in [6.45, 7) is 4.73. The van der Waals surface area contributed by atoms with E-state index in [1.54, 1.807) is 6.07 Å². The zero-order chi connectivity index (χ0) is 20.4. The second kappa shape index (κ2) is 8.88. The van der Waals surface area contributed by atoms with Gasteiger partial charge in [0.1, 0.15) is 10.0 Å². The van der Waals surface area contributed by atoms with Gasteiger partial charge in [0, 0.05) is 44.3 Å². The standard InChI is InChI=1S/C20H29ClN4O3S/c21-19-18(4-3-9-22-19)29(27,28)25-14-5-16(6-15-25)20(26)24-12-7-17(8-13-24)23-10-1-2-11-23/h3-4,9,16-17H,1-2,5-8,10-15H2. The predicted molar refractivity (Wildman–Crippen MR) is 111 cm³/mol. The van der Waals surface area contributed by atoms with E-state index in [1.807, 2.05) is 4.90 Å². The molecule has 0 aromatic carbocycles. The Bertz CT molecular complexity index is 828. The van der Waals surface area contributed by atoms with E-state index in [1.165, 1.54) is 42.5 Å². The molecule has 3 saturated heterocycles. The number of carbonyl (C=O) groups is 1.